The molecule has 4 aliphatic heterocycles. The molecule has 1 aromatic carbocycles. The lowest BCUT2D eigenvalue weighted by atomic mass is 9.87. The molecule has 1 N–H and O–H groups in total. The molecule has 3 saturated heterocycles. The lowest BCUT2D eigenvalue weighted by Crippen LogP contribution is -2.62. The molecule has 2 aromatic rings. The minimum absolute atomic E-state index is 0.120. The van der Waals surface area contributed by atoms with Gasteiger partial charge in [0, 0.05) is 44.1 Å². The largest absolute Gasteiger partial charge is 0.483 e. The molecule has 5 heterocycles. The highest BCUT2D eigenvalue weighted by molar-refractivity contribution is 5.75. The van der Waals surface area contributed by atoms with Gasteiger partial charge in [0.2, 0.25) is 0 Å². The topological polar surface area (TPSA) is 79.4 Å². The third kappa shape index (κ3) is 5.46. The van der Waals surface area contributed by atoms with Gasteiger partial charge in [-0.25, -0.2) is 9.78 Å². The maximum Gasteiger partial charge on any atom is 0.410 e. The summed E-state index contributed by atoms with van der Waals surface area (Å²) in [6, 6.07) is 7.12. The fraction of sp³-hybridized carbons (Fsp3) is 0.613. The molecule has 9 heteroatoms. The van der Waals surface area contributed by atoms with E-state index >= 15 is 0 Å². The molecule has 1 aromatic heterocycles. The Bertz CT molecular complexity index is 1240. The second kappa shape index (κ2) is 10.7. The number of nitrogens with one attached hydrogen (secondary N) is 1. The molecule has 4 aliphatic rings. The lowest BCUT2D eigenvalue weighted by Gasteiger charge is -2.47. The number of benzene rings is 1. The number of pyridine rings is 1. The molecule has 1 atom stereocenters. The second-order valence-corrected chi connectivity index (χ2v) is 12.6. The highest BCUT2D eigenvalue weighted by Crippen LogP contribution is 2.45. The van der Waals surface area contributed by atoms with Crippen LogP contribution in [0.2, 0.25) is 0 Å². The number of hydrogen-bond donors (Lipinski definition) is 1. The van der Waals surface area contributed by atoms with Crippen LogP contribution in [0.3, 0.4) is 0 Å². The van der Waals surface area contributed by atoms with Gasteiger partial charge in [-0.15, -0.1) is 0 Å². The van der Waals surface area contributed by atoms with Crippen molar-refractivity contribution >= 4 is 23.3 Å². The SMILES string of the molecule is Cc1cc(C2CCN(C3CN(C(=O)OC(C)(C)C)C3)CC2)cc2c1OC(C)c1c(N3CCOCC3)ccnc1N2. The molecule has 3 fully saturated rings. The van der Waals surface area contributed by atoms with Crippen molar-refractivity contribution in [3.05, 3.63) is 41.1 Å². The first-order chi connectivity index (χ1) is 19.2. The van der Waals surface area contributed by atoms with E-state index < -0.39 is 5.60 Å². The summed E-state index contributed by atoms with van der Waals surface area (Å²) in [5, 5.41) is 3.66. The van der Waals surface area contributed by atoms with Crippen molar-refractivity contribution in [2.75, 3.05) is 62.7 Å². The number of hydrogen-bond acceptors (Lipinski definition) is 8. The number of nitrogens with zero attached hydrogens (tertiary/aromatic N) is 4. The molecule has 40 heavy (non-hydrogen) atoms. The number of carbonyl (C=O) groups excluding carboxylic acids is 1. The van der Waals surface area contributed by atoms with Crippen molar-refractivity contribution < 1.29 is 19.0 Å². The molecular formula is C31H43N5O4. The Labute approximate surface area is 237 Å². The monoisotopic (exact) mass is 549 g/mol. The first kappa shape index (κ1) is 27.1. The predicted octanol–water partition coefficient (Wildman–Crippen LogP) is 5.22. The van der Waals surface area contributed by atoms with Crippen LogP contribution in [0.5, 0.6) is 5.75 Å². The molecule has 1 unspecified atom stereocenters. The second-order valence-electron chi connectivity index (χ2n) is 12.6. The Morgan fingerprint density at radius 3 is 2.52 bits per heavy atom. The molecule has 0 saturated carbocycles. The average Bonchev–Trinajstić information content (AvgIpc) is 3.04. The van der Waals surface area contributed by atoms with E-state index in [9.17, 15) is 4.79 Å². The fourth-order valence-corrected chi connectivity index (χ4v) is 6.45. The zero-order valence-corrected chi connectivity index (χ0v) is 24.5. The van der Waals surface area contributed by atoms with Gasteiger partial charge in [0.25, 0.3) is 0 Å². The maximum atomic E-state index is 12.3. The molecule has 216 valence electrons. The maximum absolute atomic E-state index is 12.3. The number of likely N-dealkylation sites (tertiary alicyclic amines) is 2. The van der Waals surface area contributed by atoms with Gasteiger partial charge in [0.1, 0.15) is 23.3 Å². The van der Waals surface area contributed by atoms with Crippen LogP contribution in [-0.4, -0.2) is 85.0 Å². The summed E-state index contributed by atoms with van der Waals surface area (Å²) in [5.74, 6) is 2.29. The quantitative estimate of drug-likeness (QED) is 0.558. The molecule has 0 aliphatic carbocycles. The smallest absolute Gasteiger partial charge is 0.410 e. The summed E-state index contributed by atoms with van der Waals surface area (Å²) in [4.78, 5) is 23.8. The van der Waals surface area contributed by atoms with Crippen molar-refractivity contribution in [2.24, 2.45) is 0 Å². The lowest BCUT2D eigenvalue weighted by molar-refractivity contribution is -0.0196. The van der Waals surface area contributed by atoms with Crippen LogP contribution in [0.25, 0.3) is 0 Å². The minimum Gasteiger partial charge on any atom is -0.483 e. The molecule has 0 spiro atoms. The number of fused-ring (bicyclic) bond motifs is 2. The Balaban J connectivity index is 1.13. The molecular weight excluding hydrogens is 506 g/mol. The Kier molecular flexibility index (Phi) is 7.29. The number of carbonyl (C=O) groups is 1. The summed E-state index contributed by atoms with van der Waals surface area (Å²) in [5.41, 5.74) is 5.34. The van der Waals surface area contributed by atoms with Gasteiger partial charge < -0.3 is 29.3 Å². The summed E-state index contributed by atoms with van der Waals surface area (Å²) < 4.78 is 17.7. The van der Waals surface area contributed by atoms with E-state index in [0.29, 0.717) is 12.0 Å². The van der Waals surface area contributed by atoms with Crippen LogP contribution < -0.4 is 15.0 Å². The van der Waals surface area contributed by atoms with Crippen LogP contribution in [0.4, 0.5) is 22.0 Å². The molecule has 6 rings (SSSR count). The zero-order chi connectivity index (χ0) is 28.0. The number of ether oxygens (including phenoxy) is 3. The van der Waals surface area contributed by atoms with E-state index in [4.69, 9.17) is 19.2 Å². The van der Waals surface area contributed by atoms with Gasteiger partial charge in [0.15, 0.2) is 0 Å². The Morgan fingerprint density at radius 2 is 1.82 bits per heavy atom. The number of anilines is 3. The van der Waals surface area contributed by atoms with Crippen LogP contribution in [0.1, 0.15) is 69.2 Å². The van der Waals surface area contributed by atoms with Crippen LogP contribution in [0.15, 0.2) is 24.4 Å². The van der Waals surface area contributed by atoms with Crippen LogP contribution in [0, 0.1) is 6.92 Å². The van der Waals surface area contributed by atoms with E-state index in [1.807, 2.05) is 31.9 Å². The van der Waals surface area contributed by atoms with Gasteiger partial charge in [-0.05, 0) is 89.7 Å². The number of rotatable bonds is 3. The zero-order valence-electron chi connectivity index (χ0n) is 24.5. The Hall–Kier alpha value is -3.04. The van der Waals surface area contributed by atoms with Crippen LogP contribution >= 0.6 is 0 Å². The summed E-state index contributed by atoms with van der Waals surface area (Å²) in [6.45, 7) is 16.8. The predicted molar refractivity (Wildman–Crippen MR) is 156 cm³/mol. The minimum atomic E-state index is -0.451. The Morgan fingerprint density at radius 1 is 1.10 bits per heavy atom. The standard InChI is InChI=1S/C31H43N5O4/c1-20-16-23(22-7-10-34(11-8-22)24-18-36(19-24)30(37)40-31(3,4)5)17-25-28(20)39-21(2)27-26(6-9-32-29(27)33-25)35-12-14-38-15-13-35/h6,9,16-17,21-22,24H,7-8,10-15,18-19H2,1-5H3,(H,32,33). The third-order valence-electron chi connectivity index (χ3n) is 8.60. The number of aromatic nitrogens is 1. The van der Waals surface area contributed by atoms with Gasteiger partial charge in [-0.2, -0.15) is 0 Å². The number of piperidine rings is 1. The van der Waals surface area contributed by atoms with E-state index in [2.05, 4.69) is 47.2 Å². The first-order valence-electron chi connectivity index (χ1n) is 14.8. The van der Waals surface area contributed by atoms with Crippen molar-refractivity contribution in [3.63, 3.8) is 0 Å². The van der Waals surface area contributed by atoms with E-state index in [1.165, 1.54) is 11.3 Å². The first-order valence-corrected chi connectivity index (χ1v) is 14.8. The molecule has 0 radical (unpaired) electrons. The summed E-state index contributed by atoms with van der Waals surface area (Å²) in [6.07, 6.45) is 3.79. The normalized spacial score (nSPS) is 22.4. The van der Waals surface area contributed by atoms with Crippen molar-refractivity contribution in [1.82, 2.24) is 14.8 Å². The molecule has 1 amide bonds. The van der Waals surface area contributed by atoms with E-state index in [-0.39, 0.29) is 12.2 Å². The van der Waals surface area contributed by atoms with Crippen molar-refractivity contribution in [3.8, 4) is 5.75 Å². The third-order valence-corrected chi connectivity index (χ3v) is 8.60. The fourth-order valence-electron chi connectivity index (χ4n) is 6.45. The van der Waals surface area contributed by atoms with Gasteiger partial charge >= 0.3 is 6.09 Å². The highest BCUT2D eigenvalue weighted by Gasteiger charge is 2.38. The van der Waals surface area contributed by atoms with Gasteiger partial charge in [0.05, 0.1) is 24.5 Å². The van der Waals surface area contributed by atoms with Crippen LogP contribution in [-0.2, 0) is 9.47 Å². The average molecular weight is 550 g/mol. The molecule has 9 nitrogen and oxygen atoms in total. The molecule has 0 bridgehead atoms. The number of aryl methyl sites for hydroxylation is 1. The summed E-state index contributed by atoms with van der Waals surface area (Å²) in [7, 11) is 0. The number of morpholine rings is 1. The van der Waals surface area contributed by atoms with Crippen molar-refractivity contribution in [1.29, 1.82) is 0 Å². The van der Waals surface area contributed by atoms with Gasteiger partial charge in [-0.1, -0.05) is 6.07 Å². The van der Waals surface area contributed by atoms with Crippen molar-refractivity contribution in [2.45, 2.75) is 71.1 Å². The van der Waals surface area contributed by atoms with Gasteiger partial charge in [-0.3, -0.25) is 4.90 Å². The van der Waals surface area contributed by atoms with E-state index in [0.717, 1.165) is 93.7 Å². The number of amides is 1. The summed E-state index contributed by atoms with van der Waals surface area (Å²) >= 11 is 0. The highest BCUT2D eigenvalue weighted by atomic mass is 16.6. The van der Waals surface area contributed by atoms with E-state index in [1.54, 1.807) is 0 Å².